The van der Waals surface area contributed by atoms with Gasteiger partial charge in [-0.3, -0.25) is 0 Å². The molecule has 21 heavy (non-hydrogen) atoms. The number of hydrogen-bond donors (Lipinski definition) is 1. The zero-order valence-corrected chi connectivity index (χ0v) is 14.8. The summed E-state index contributed by atoms with van der Waals surface area (Å²) in [5, 5.41) is 0. The van der Waals surface area contributed by atoms with Gasteiger partial charge >= 0.3 is 0 Å². The molecule has 1 atom stereocenters. The molecule has 5 heteroatoms. The number of nitrogens with zero attached hydrogens (tertiary/aromatic N) is 2. The van der Waals surface area contributed by atoms with Crippen molar-refractivity contribution in [2.75, 3.05) is 44.4 Å². The van der Waals surface area contributed by atoms with Crippen molar-refractivity contribution in [3.63, 3.8) is 0 Å². The number of anilines is 1. The molecule has 1 unspecified atom stereocenters. The lowest BCUT2D eigenvalue weighted by atomic mass is 10.1. The lowest BCUT2D eigenvalue weighted by molar-refractivity contribution is 0.396. The summed E-state index contributed by atoms with van der Waals surface area (Å²) in [7, 11) is 4.34. The van der Waals surface area contributed by atoms with Crippen LogP contribution in [0.25, 0.3) is 0 Å². The van der Waals surface area contributed by atoms with Crippen molar-refractivity contribution in [3.8, 4) is 0 Å². The second-order valence-electron chi connectivity index (χ2n) is 5.75. The molecule has 116 valence electrons. The Morgan fingerprint density at radius 1 is 1.52 bits per heavy atom. The lowest BCUT2D eigenvalue weighted by Crippen LogP contribution is -2.29. The van der Waals surface area contributed by atoms with Crippen LogP contribution in [0.2, 0.25) is 0 Å². The van der Waals surface area contributed by atoms with Crippen LogP contribution in [0.4, 0.5) is 5.69 Å². The molecule has 0 radical (unpaired) electrons. The van der Waals surface area contributed by atoms with Crippen molar-refractivity contribution in [1.29, 1.82) is 0 Å². The van der Waals surface area contributed by atoms with Crippen molar-refractivity contribution in [3.05, 3.63) is 23.8 Å². The first-order valence-corrected chi connectivity index (χ1v) is 8.87. The van der Waals surface area contributed by atoms with Gasteiger partial charge in [0, 0.05) is 36.3 Å². The first-order valence-electron chi connectivity index (χ1n) is 7.48. The van der Waals surface area contributed by atoms with E-state index < -0.39 is 0 Å². The van der Waals surface area contributed by atoms with Crippen LogP contribution in [0.15, 0.2) is 23.1 Å². The maximum atomic E-state index is 6.00. The highest BCUT2D eigenvalue weighted by atomic mass is 32.2. The van der Waals surface area contributed by atoms with E-state index in [-0.39, 0.29) is 0 Å². The van der Waals surface area contributed by atoms with Gasteiger partial charge in [-0.1, -0.05) is 25.2 Å². The average Bonchev–Trinajstić information content (AvgIpc) is 2.84. The molecule has 1 aromatic carbocycles. The maximum Gasteiger partial charge on any atom is 0.107 e. The standard InChI is InChI=1S/C16H25N3S2/c1-4-21-14-7-5-6-13(15(14)16(17)20)19(3)11-12-8-9-18(2)10-12/h5-7,12H,4,8-11H2,1-3H3,(H2,17,20). The van der Waals surface area contributed by atoms with E-state index in [2.05, 4.69) is 49.0 Å². The third-order valence-electron chi connectivity index (χ3n) is 3.98. The molecule has 0 amide bonds. The normalized spacial score (nSPS) is 18.9. The Kier molecular flexibility index (Phi) is 5.90. The van der Waals surface area contributed by atoms with Gasteiger partial charge in [0.2, 0.25) is 0 Å². The quantitative estimate of drug-likeness (QED) is 0.643. The average molecular weight is 324 g/mol. The third-order valence-corrected chi connectivity index (χ3v) is 5.13. The number of rotatable bonds is 6. The van der Waals surface area contributed by atoms with Crippen LogP contribution in [-0.4, -0.2) is 49.4 Å². The fourth-order valence-electron chi connectivity index (χ4n) is 3.02. The van der Waals surface area contributed by atoms with Gasteiger partial charge in [-0.2, -0.15) is 0 Å². The molecule has 1 aliphatic rings. The summed E-state index contributed by atoms with van der Waals surface area (Å²) < 4.78 is 0. The fourth-order valence-corrected chi connectivity index (χ4v) is 4.15. The largest absolute Gasteiger partial charge is 0.389 e. The zero-order valence-electron chi connectivity index (χ0n) is 13.1. The molecule has 2 rings (SSSR count). The third kappa shape index (κ3) is 4.11. The van der Waals surface area contributed by atoms with E-state index in [4.69, 9.17) is 18.0 Å². The predicted octanol–water partition coefficient (Wildman–Crippen LogP) is 2.82. The van der Waals surface area contributed by atoms with E-state index in [1.165, 1.54) is 24.4 Å². The summed E-state index contributed by atoms with van der Waals surface area (Å²) in [4.78, 5) is 6.41. The summed E-state index contributed by atoms with van der Waals surface area (Å²) >= 11 is 7.10. The van der Waals surface area contributed by atoms with Crippen LogP contribution in [-0.2, 0) is 0 Å². The summed E-state index contributed by atoms with van der Waals surface area (Å²) in [5.41, 5.74) is 8.19. The Labute approximate surface area is 137 Å². The van der Waals surface area contributed by atoms with E-state index in [1.807, 2.05) is 0 Å². The van der Waals surface area contributed by atoms with Crippen LogP contribution >= 0.6 is 24.0 Å². The van der Waals surface area contributed by atoms with Crippen LogP contribution in [0.1, 0.15) is 18.9 Å². The van der Waals surface area contributed by atoms with Gasteiger partial charge in [0.15, 0.2) is 0 Å². The van der Waals surface area contributed by atoms with Crippen molar-refractivity contribution < 1.29 is 0 Å². The minimum absolute atomic E-state index is 0.497. The molecule has 0 aliphatic carbocycles. The van der Waals surface area contributed by atoms with Crippen molar-refractivity contribution in [2.24, 2.45) is 11.7 Å². The number of nitrogens with two attached hydrogens (primary N) is 1. The van der Waals surface area contributed by atoms with E-state index in [9.17, 15) is 0 Å². The monoisotopic (exact) mass is 323 g/mol. The molecule has 0 bridgehead atoms. The summed E-state index contributed by atoms with van der Waals surface area (Å²) in [5.74, 6) is 1.75. The summed E-state index contributed by atoms with van der Waals surface area (Å²) in [6, 6.07) is 6.35. The van der Waals surface area contributed by atoms with Gasteiger partial charge < -0.3 is 15.5 Å². The Balaban J connectivity index is 2.21. The molecule has 1 aliphatic heterocycles. The second-order valence-corrected chi connectivity index (χ2v) is 7.49. The van der Waals surface area contributed by atoms with Gasteiger partial charge in [-0.05, 0) is 43.8 Å². The minimum atomic E-state index is 0.497. The topological polar surface area (TPSA) is 32.5 Å². The number of likely N-dealkylation sites (tertiary alicyclic amines) is 1. The molecule has 1 aromatic rings. The predicted molar refractivity (Wildman–Crippen MR) is 97.6 cm³/mol. The lowest BCUT2D eigenvalue weighted by Gasteiger charge is -2.26. The first-order chi connectivity index (χ1) is 10.0. The van der Waals surface area contributed by atoms with Crippen molar-refractivity contribution >= 4 is 34.7 Å². The molecular formula is C16H25N3S2. The Hall–Kier alpha value is -0.780. The van der Waals surface area contributed by atoms with Crippen LogP contribution in [0, 0.1) is 5.92 Å². The van der Waals surface area contributed by atoms with E-state index >= 15 is 0 Å². The van der Waals surface area contributed by atoms with Crippen LogP contribution in [0.5, 0.6) is 0 Å². The Morgan fingerprint density at radius 2 is 2.29 bits per heavy atom. The van der Waals surface area contributed by atoms with Gasteiger partial charge in [0.1, 0.15) is 4.99 Å². The van der Waals surface area contributed by atoms with Crippen LogP contribution < -0.4 is 10.6 Å². The first kappa shape index (κ1) is 16.6. The van der Waals surface area contributed by atoms with Gasteiger partial charge in [-0.15, -0.1) is 11.8 Å². The van der Waals surface area contributed by atoms with E-state index in [0.717, 1.165) is 29.5 Å². The highest BCUT2D eigenvalue weighted by Gasteiger charge is 2.22. The minimum Gasteiger partial charge on any atom is -0.389 e. The molecule has 2 N–H and O–H groups in total. The SMILES string of the molecule is CCSc1cccc(N(C)CC2CCN(C)C2)c1C(N)=S. The van der Waals surface area contributed by atoms with Crippen molar-refractivity contribution in [2.45, 2.75) is 18.2 Å². The van der Waals surface area contributed by atoms with Gasteiger partial charge in [-0.25, -0.2) is 0 Å². The Morgan fingerprint density at radius 3 is 2.86 bits per heavy atom. The second kappa shape index (κ2) is 7.47. The number of benzene rings is 1. The number of thioether (sulfide) groups is 1. The fraction of sp³-hybridized carbons (Fsp3) is 0.562. The number of thiocarbonyl (C=S) groups is 1. The number of hydrogen-bond acceptors (Lipinski definition) is 4. The van der Waals surface area contributed by atoms with Crippen LogP contribution in [0.3, 0.4) is 0 Å². The highest BCUT2D eigenvalue weighted by Crippen LogP contribution is 2.31. The molecule has 0 spiro atoms. The maximum absolute atomic E-state index is 6.00. The molecule has 1 fully saturated rings. The zero-order chi connectivity index (χ0) is 15.4. The molecule has 0 saturated carbocycles. The summed E-state index contributed by atoms with van der Waals surface area (Å²) in [6.45, 7) is 5.58. The Bertz CT molecular complexity index is 504. The smallest absolute Gasteiger partial charge is 0.107 e. The van der Waals surface area contributed by atoms with E-state index in [0.29, 0.717) is 4.99 Å². The summed E-state index contributed by atoms with van der Waals surface area (Å²) in [6.07, 6.45) is 1.27. The molecular weight excluding hydrogens is 298 g/mol. The van der Waals surface area contributed by atoms with Gasteiger partial charge in [0.25, 0.3) is 0 Å². The highest BCUT2D eigenvalue weighted by molar-refractivity contribution is 7.99. The van der Waals surface area contributed by atoms with E-state index in [1.54, 1.807) is 11.8 Å². The van der Waals surface area contributed by atoms with Crippen molar-refractivity contribution in [1.82, 2.24) is 4.90 Å². The van der Waals surface area contributed by atoms with Gasteiger partial charge in [0.05, 0.1) is 0 Å². The molecule has 1 heterocycles. The molecule has 3 nitrogen and oxygen atoms in total. The molecule has 1 saturated heterocycles. The molecule has 0 aromatic heterocycles.